The van der Waals surface area contributed by atoms with E-state index >= 15 is 0 Å². The molecule has 1 amide bonds. The van der Waals surface area contributed by atoms with Crippen LogP contribution in [0.1, 0.15) is 22.8 Å². The molecule has 0 aliphatic heterocycles. The smallest absolute Gasteiger partial charge is 0.341 e. The Morgan fingerprint density at radius 2 is 2.11 bits per heavy atom. The van der Waals surface area contributed by atoms with E-state index in [1.165, 1.54) is 26.2 Å². The van der Waals surface area contributed by atoms with Gasteiger partial charge in [0.2, 0.25) is 5.91 Å². The molecule has 0 spiro atoms. The van der Waals surface area contributed by atoms with Crippen molar-refractivity contribution >= 4 is 23.9 Å². The summed E-state index contributed by atoms with van der Waals surface area (Å²) in [6, 6.07) is 2.76. The van der Waals surface area contributed by atoms with Crippen molar-refractivity contribution in [2.45, 2.75) is 13.3 Å². The van der Waals surface area contributed by atoms with E-state index in [2.05, 4.69) is 10.1 Å². The Morgan fingerprint density at radius 3 is 2.61 bits per heavy atom. The van der Waals surface area contributed by atoms with Gasteiger partial charge in [0.05, 0.1) is 7.11 Å². The van der Waals surface area contributed by atoms with Crippen LogP contribution in [0.2, 0.25) is 0 Å². The molecule has 1 aromatic rings. The summed E-state index contributed by atoms with van der Waals surface area (Å²) in [4.78, 5) is 32.9. The Balaban J connectivity index is 3.31. The SMILES string of the molecule is COC(=O)c1ccc(NC(C)=O)c(CC=O)c1O. The molecule has 0 atom stereocenters. The van der Waals surface area contributed by atoms with Crippen LogP contribution < -0.4 is 5.32 Å². The Kier molecular flexibility index (Phi) is 4.42. The molecular formula is C12H13NO5. The van der Waals surface area contributed by atoms with E-state index < -0.39 is 5.97 Å². The summed E-state index contributed by atoms with van der Waals surface area (Å²) in [6.07, 6.45) is 0.452. The van der Waals surface area contributed by atoms with Crippen LogP contribution in [0.25, 0.3) is 0 Å². The number of anilines is 1. The van der Waals surface area contributed by atoms with Crippen LogP contribution in [0.15, 0.2) is 12.1 Å². The first-order chi connectivity index (χ1) is 8.51. The lowest BCUT2D eigenvalue weighted by atomic mass is 10.0. The quantitative estimate of drug-likeness (QED) is 0.612. The maximum Gasteiger partial charge on any atom is 0.341 e. The molecule has 0 fully saturated rings. The molecule has 0 saturated carbocycles. The van der Waals surface area contributed by atoms with Crippen molar-refractivity contribution in [2.75, 3.05) is 12.4 Å². The van der Waals surface area contributed by atoms with E-state index in [1.807, 2.05) is 0 Å². The number of hydrogen-bond acceptors (Lipinski definition) is 5. The van der Waals surface area contributed by atoms with Crippen LogP contribution in [0.4, 0.5) is 5.69 Å². The predicted molar refractivity (Wildman–Crippen MR) is 63.5 cm³/mol. The van der Waals surface area contributed by atoms with Gasteiger partial charge < -0.3 is 20.0 Å². The molecule has 0 bridgehead atoms. The van der Waals surface area contributed by atoms with Gasteiger partial charge in [0.1, 0.15) is 17.6 Å². The van der Waals surface area contributed by atoms with Gasteiger partial charge in [-0.2, -0.15) is 0 Å². The van der Waals surface area contributed by atoms with Crippen LogP contribution in [0, 0.1) is 0 Å². The number of hydrogen-bond donors (Lipinski definition) is 2. The molecule has 0 radical (unpaired) electrons. The number of methoxy groups -OCH3 is 1. The molecule has 0 aromatic heterocycles. The predicted octanol–water partition coefficient (Wildman–Crippen LogP) is 0.879. The van der Waals surface area contributed by atoms with Gasteiger partial charge in [-0.05, 0) is 12.1 Å². The molecule has 0 unspecified atom stereocenters. The van der Waals surface area contributed by atoms with Gasteiger partial charge in [0.25, 0.3) is 0 Å². The Morgan fingerprint density at radius 1 is 1.44 bits per heavy atom. The summed E-state index contributed by atoms with van der Waals surface area (Å²) in [6.45, 7) is 1.30. The Bertz CT molecular complexity index is 495. The second-order valence-electron chi connectivity index (χ2n) is 3.53. The molecule has 96 valence electrons. The third kappa shape index (κ3) is 2.85. The van der Waals surface area contributed by atoms with Crippen molar-refractivity contribution < 1.29 is 24.2 Å². The van der Waals surface area contributed by atoms with Gasteiger partial charge in [-0.1, -0.05) is 0 Å². The minimum Gasteiger partial charge on any atom is -0.507 e. The van der Waals surface area contributed by atoms with Gasteiger partial charge in [-0.15, -0.1) is 0 Å². The van der Waals surface area contributed by atoms with Crippen LogP contribution in [-0.2, 0) is 20.7 Å². The van der Waals surface area contributed by atoms with E-state index in [9.17, 15) is 19.5 Å². The highest BCUT2D eigenvalue weighted by Gasteiger charge is 2.18. The Labute approximate surface area is 104 Å². The fraction of sp³-hybridized carbons (Fsp3) is 0.250. The second-order valence-corrected chi connectivity index (χ2v) is 3.53. The highest BCUT2D eigenvalue weighted by molar-refractivity contribution is 5.96. The third-order valence-electron chi connectivity index (χ3n) is 2.29. The summed E-state index contributed by atoms with van der Waals surface area (Å²) < 4.78 is 4.50. The van der Waals surface area contributed by atoms with Crippen molar-refractivity contribution in [3.8, 4) is 5.75 Å². The van der Waals surface area contributed by atoms with Gasteiger partial charge in [0, 0.05) is 24.6 Å². The van der Waals surface area contributed by atoms with Crippen LogP contribution in [0.3, 0.4) is 0 Å². The molecule has 0 saturated heterocycles. The highest BCUT2D eigenvalue weighted by Crippen LogP contribution is 2.30. The second kappa shape index (κ2) is 5.81. The third-order valence-corrected chi connectivity index (χ3v) is 2.29. The van der Waals surface area contributed by atoms with Crippen LogP contribution in [0.5, 0.6) is 5.75 Å². The lowest BCUT2D eigenvalue weighted by Gasteiger charge is -2.12. The molecule has 6 heteroatoms. The van der Waals surface area contributed by atoms with Gasteiger partial charge in [-0.3, -0.25) is 4.79 Å². The number of nitrogens with one attached hydrogen (secondary N) is 1. The lowest BCUT2D eigenvalue weighted by Crippen LogP contribution is -2.10. The number of carbonyl (C=O) groups excluding carboxylic acids is 3. The number of benzene rings is 1. The number of phenols is 1. The minimum atomic E-state index is -0.714. The monoisotopic (exact) mass is 251 g/mol. The highest BCUT2D eigenvalue weighted by atomic mass is 16.5. The fourth-order valence-corrected chi connectivity index (χ4v) is 1.51. The van der Waals surface area contributed by atoms with Crippen molar-refractivity contribution in [3.63, 3.8) is 0 Å². The summed E-state index contributed by atoms with van der Waals surface area (Å²) in [5.74, 6) is -1.42. The zero-order valence-corrected chi connectivity index (χ0v) is 10.0. The average Bonchev–Trinajstić information content (AvgIpc) is 2.32. The molecule has 0 aliphatic rings. The van der Waals surface area contributed by atoms with E-state index in [0.717, 1.165) is 0 Å². The molecule has 18 heavy (non-hydrogen) atoms. The number of amides is 1. The van der Waals surface area contributed by atoms with Crippen LogP contribution >= 0.6 is 0 Å². The van der Waals surface area contributed by atoms with Crippen molar-refractivity contribution in [3.05, 3.63) is 23.3 Å². The summed E-state index contributed by atoms with van der Waals surface area (Å²) >= 11 is 0. The number of rotatable bonds is 4. The van der Waals surface area contributed by atoms with Crippen molar-refractivity contribution in [2.24, 2.45) is 0 Å². The van der Waals surface area contributed by atoms with E-state index in [-0.39, 0.29) is 29.2 Å². The normalized spacial score (nSPS) is 9.67. The molecule has 0 aliphatic carbocycles. The number of phenolic OH excluding ortho intramolecular Hbond substituents is 1. The lowest BCUT2D eigenvalue weighted by molar-refractivity contribution is -0.114. The Hall–Kier alpha value is -2.37. The zero-order chi connectivity index (χ0) is 13.7. The standard InChI is InChI=1S/C12H13NO5/c1-7(15)13-10-4-3-9(12(17)18-2)11(16)8(10)5-6-14/h3-4,6,16H,5H2,1-2H3,(H,13,15). The summed E-state index contributed by atoms with van der Waals surface area (Å²) in [7, 11) is 1.18. The molecule has 2 N–H and O–H groups in total. The number of aromatic hydroxyl groups is 1. The van der Waals surface area contributed by atoms with Gasteiger partial charge >= 0.3 is 5.97 Å². The number of carbonyl (C=O) groups is 3. The topological polar surface area (TPSA) is 92.7 Å². The summed E-state index contributed by atoms with van der Waals surface area (Å²) in [5, 5.41) is 12.4. The first-order valence-electron chi connectivity index (χ1n) is 5.15. The van der Waals surface area contributed by atoms with E-state index in [1.54, 1.807) is 0 Å². The molecular weight excluding hydrogens is 238 g/mol. The van der Waals surface area contributed by atoms with Gasteiger partial charge in [0.15, 0.2) is 0 Å². The van der Waals surface area contributed by atoms with E-state index in [4.69, 9.17) is 0 Å². The average molecular weight is 251 g/mol. The van der Waals surface area contributed by atoms with Crippen molar-refractivity contribution in [1.29, 1.82) is 0 Å². The largest absolute Gasteiger partial charge is 0.507 e. The molecule has 1 rings (SSSR count). The maximum absolute atomic E-state index is 11.4. The van der Waals surface area contributed by atoms with Crippen LogP contribution in [-0.4, -0.2) is 30.4 Å². The summed E-state index contributed by atoms with van der Waals surface area (Å²) in [5.41, 5.74) is 0.423. The molecule has 1 aromatic carbocycles. The first-order valence-corrected chi connectivity index (χ1v) is 5.15. The van der Waals surface area contributed by atoms with Crippen molar-refractivity contribution in [1.82, 2.24) is 0 Å². The fourth-order valence-electron chi connectivity index (χ4n) is 1.51. The molecule has 0 heterocycles. The zero-order valence-electron chi connectivity index (χ0n) is 10.0. The first kappa shape index (κ1) is 13.7. The number of esters is 1. The minimum absolute atomic E-state index is 0.0524. The number of aldehydes is 1. The maximum atomic E-state index is 11.4. The number of ether oxygens (including phenoxy) is 1. The van der Waals surface area contributed by atoms with E-state index in [0.29, 0.717) is 12.0 Å². The molecule has 6 nitrogen and oxygen atoms in total. The van der Waals surface area contributed by atoms with Gasteiger partial charge in [-0.25, -0.2) is 4.79 Å².